The summed E-state index contributed by atoms with van der Waals surface area (Å²) in [6.07, 6.45) is 0. The fraction of sp³-hybridized carbons (Fsp3) is 0.545. The Hall–Kier alpha value is -1.31. The summed E-state index contributed by atoms with van der Waals surface area (Å²) in [6.45, 7) is 6.71. The van der Waals surface area contributed by atoms with Crippen LogP contribution in [0.1, 0.15) is 10.7 Å². The molecular formula is C11H15N5OS. The first-order valence-electron chi connectivity index (χ1n) is 6.02. The van der Waals surface area contributed by atoms with Crippen LogP contribution < -0.4 is 10.9 Å². The van der Waals surface area contributed by atoms with E-state index in [0.29, 0.717) is 4.96 Å². The van der Waals surface area contributed by atoms with E-state index in [4.69, 9.17) is 0 Å². The van der Waals surface area contributed by atoms with Gasteiger partial charge in [-0.2, -0.15) is 9.61 Å². The minimum absolute atomic E-state index is 0.0969. The monoisotopic (exact) mass is 265 g/mol. The second-order valence-electron chi connectivity index (χ2n) is 4.45. The van der Waals surface area contributed by atoms with Crippen LogP contribution in [0.2, 0.25) is 0 Å². The molecule has 1 aliphatic rings. The van der Waals surface area contributed by atoms with Gasteiger partial charge in [-0.1, -0.05) is 11.3 Å². The van der Waals surface area contributed by atoms with E-state index in [0.717, 1.165) is 43.4 Å². The van der Waals surface area contributed by atoms with E-state index in [1.165, 1.54) is 21.9 Å². The Kier molecular flexibility index (Phi) is 3.11. The Morgan fingerprint density at radius 1 is 1.44 bits per heavy atom. The quantitative estimate of drug-likeness (QED) is 0.819. The normalized spacial score (nSPS) is 17.4. The highest BCUT2D eigenvalue weighted by molar-refractivity contribution is 7.16. The highest BCUT2D eigenvalue weighted by Gasteiger charge is 2.13. The molecule has 2 aromatic heterocycles. The van der Waals surface area contributed by atoms with Gasteiger partial charge in [-0.05, 0) is 6.92 Å². The Labute approximate surface area is 108 Å². The van der Waals surface area contributed by atoms with Crippen molar-refractivity contribution >= 4 is 16.3 Å². The highest BCUT2D eigenvalue weighted by Crippen LogP contribution is 2.13. The predicted molar refractivity (Wildman–Crippen MR) is 70.0 cm³/mol. The van der Waals surface area contributed by atoms with Crippen molar-refractivity contribution in [2.24, 2.45) is 0 Å². The molecule has 7 heteroatoms. The maximum atomic E-state index is 11.7. The van der Waals surface area contributed by atoms with Crippen LogP contribution in [0.5, 0.6) is 0 Å². The summed E-state index contributed by atoms with van der Waals surface area (Å²) in [6, 6.07) is 1.52. The van der Waals surface area contributed by atoms with Gasteiger partial charge in [-0.15, -0.1) is 0 Å². The molecule has 3 rings (SSSR count). The van der Waals surface area contributed by atoms with Crippen LogP contribution in [0.25, 0.3) is 4.96 Å². The van der Waals surface area contributed by atoms with Gasteiger partial charge < -0.3 is 5.32 Å². The lowest BCUT2D eigenvalue weighted by Gasteiger charge is -2.25. The molecular weight excluding hydrogens is 250 g/mol. The zero-order chi connectivity index (χ0) is 12.5. The average molecular weight is 265 g/mol. The molecule has 0 saturated carbocycles. The zero-order valence-electron chi connectivity index (χ0n) is 10.2. The van der Waals surface area contributed by atoms with E-state index in [-0.39, 0.29) is 5.56 Å². The van der Waals surface area contributed by atoms with Crippen LogP contribution in [-0.2, 0) is 6.54 Å². The van der Waals surface area contributed by atoms with Crippen molar-refractivity contribution in [1.29, 1.82) is 0 Å². The third-order valence-electron chi connectivity index (χ3n) is 2.98. The molecule has 0 radical (unpaired) electrons. The van der Waals surface area contributed by atoms with Gasteiger partial charge in [0.05, 0.1) is 6.54 Å². The first kappa shape index (κ1) is 11.8. The van der Waals surface area contributed by atoms with Gasteiger partial charge in [-0.3, -0.25) is 9.69 Å². The largest absolute Gasteiger partial charge is 0.314 e. The van der Waals surface area contributed by atoms with E-state index in [1.54, 1.807) is 0 Å². The van der Waals surface area contributed by atoms with Crippen LogP contribution in [0.4, 0.5) is 0 Å². The predicted octanol–water partition coefficient (Wildman–Crippen LogP) is -0.135. The summed E-state index contributed by atoms with van der Waals surface area (Å²) in [5.74, 6) is 0. The number of hydrogen-bond donors (Lipinski definition) is 1. The summed E-state index contributed by atoms with van der Waals surface area (Å²) in [7, 11) is 0. The van der Waals surface area contributed by atoms with Crippen LogP contribution in [-0.4, -0.2) is 45.7 Å². The summed E-state index contributed by atoms with van der Waals surface area (Å²) in [4.78, 5) is 19.1. The number of fused-ring (bicyclic) bond motifs is 1. The molecule has 0 atom stereocenters. The molecule has 0 spiro atoms. The summed E-state index contributed by atoms with van der Waals surface area (Å²) >= 11 is 1.50. The van der Waals surface area contributed by atoms with Crippen LogP contribution in [0.3, 0.4) is 0 Å². The summed E-state index contributed by atoms with van der Waals surface area (Å²) in [5, 5.41) is 8.61. The van der Waals surface area contributed by atoms with Crippen LogP contribution in [0.15, 0.2) is 10.9 Å². The molecule has 0 aromatic carbocycles. The average Bonchev–Trinajstić information content (AvgIpc) is 2.73. The molecule has 1 saturated heterocycles. The molecule has 2 aromatic rings. The van der Waals surface area contributed by atoms with E-state index in [1.807, 2.05) is 6.92 Å². The van der Waals surface area contributed by atoms with Crippen molar-refractivity contribution in [2.45, 2.75) is 13.5 Å². The lowest BCUT2D eigenvalue weighted by atomic mass is 10.4. The third kappa shape index (κ3) is 2.29. The smallest absolute Gasteiger partial charge is 0.275 e. The molecule has 6 nitrogen and oxygen atoms in total. The van der Waals surface area contributed by atoms with Gasteiger partial charge in [0.15, 0.2) is 0 Å². The molecule has 18 heavy (non-hydrogen) atoms. The zero-order valence-corrected chi connectivity index (χ0v) is 11.0. The number of aryl methyl sites for hydroxylation is 1. The van der Waals surface area contributed by atoms with Crippen molar-refractivity contribution in [3.05, 3.63) is 27.1 Å². The van der Waals surface area contributed by atoms with Gasteiger partial charge in [0.25, 0.3) is 5.56 Å². The standard InChI is InChI=1S/C11H15N5OS/c1-8-6-10(17)16-11(13-8)18-9(14-16)7-15-4-2-12-3-5-15/h6,12H,2-5,7H2,1H3. The van der Waals surface area contributed by atoms with Gasteiger partial charge >= 0.3 is 0 Å². The number of nitrogens with zero attached hydrogens (tertiary/aromatic N) is 4. The summed E-state index contributed by atoms with van der Waals surface area (Å²) in [5.41, 5.74) is 0.651. The lowest BCUT2D eigenvalue weighted by Crippen LogP contribution is -2.42. The summed E-state index contributed by atoms with van der Waals surface area (Å²) < 4.78 is 1.40. The fourth-order valence-electron chi connectivity index (χ4n) is 2.08. The van der Waals surface area contributed by atoms with Gasteiger partial charge in [0, 0.05) is 37.9 Å². The maximum Gasteiger partial charge on any atom is 0.275 e. The number of rotatable bonds is 2. The maximum absolute atomic E-state index is 11.7. The number of aromatic nitrogens is 3. The van der Waals surface area contributed by atoms with Crippen molar-refractivity contribution in [3.8, 4) is 0 Å². The lowest BCUT2D eigenvalue weighted by molar-refractivity contribution is 0.232. The molecule has 0 bridgehead atoms. The van der Waals surface area contributed by atoms with E-state index >= 15 is 0 Å². The van der Waals surface area contributed by atoms with Crippen molar-refractivity contribution in [2.75, 3.05) is 26.2 Å². The van der Waals surface area contributed by atoms with Crippen LogP contribution in [0, 0.1) is 6.92 Å². The van der Waals surface area contributed by atoms with E-state index in [2.05, 4.69) is 20.3 Å². The second kappa shape index (κ2) is 4.75. The number of hydrogen-bond acceptors (Lipinski definition) is 6. The SMILES string of the molecule is Cc1cc(=O)n2nc(CN3CCNCC3)sc2n1. The Morgan fingerprint density at radius 3 is 3.00 bits per heavy atom. The minimum Gasteiger partial charge on any atom is -0.314 e. The Bertz CT molecular complexity index is 613. The van der Waals surface area contributed by atoms with Gasteiger partial charge in [-0.25, -0.2) is 4.98 Å². The second-order valence-corrected chi connectivity index (χ2v) is 5.49. The molecule has 96 valence electrons. The molecule has 3 heterocycles. The molecule has 1 fully saturated rings. The number of piperazine rings is 1. The molecule has 0 aliphatic carbocycles. The van der Waals surface area contributed by atoms with Gasteiger partial charge in [0.2, 0.25) is 4.96 Å². The minimum atomic E-state index is -0.0969. The molecule has 0 amide bonds. The number of nitrogens with one attached hydrogen (secondary N) is 1. The Balaban J connectivity index is 1.88. The van der Waals surface area contributed by atoms with E-state index < -0.39 is 0 Å². The molecule has 1 aliphatic heterocycles. The van der Waals surface area contributed by atoms with Crippen molar-refractivity contribution in [3.63, 3.8) is 0 Å². The third-order valence-corrected chi connectivity index (χ3v) is 3.88. The van der Waals surface area contributed by atoms with Crippen molar-refractivity contribution < 1.29 is 0 Å². The first-order valence-corrected chi connectivity index (χ1v) is 6.83. The first-order chi connectivity index (χ1) is 8.72. The van der Waals surface area contributed by atoms with E-state index in [9.17, 15) is 4.79 Å². The molecule has 1 N–H and O–H groups in total. The fourth-order valence-corrected chi connectivity index (χ4v) is 3.07. The van der Waals surface area contributed by atoms with Crippen LogP contribution >= 0.6 is 11.3 Å². The molecule has 0 unspecified atom stereocenters. The highest BCUT2D eigenvalue weighted by atomic mass is 32.1. The van der Waals surface area contributed by atoms with Crippen molar-refractivity contribution in [1.82, 2.24) is 24.8 Å². The Morgan fingerprint density at radius 2 is 2.22 bits per heavy atom. The topological polar surface area (TPSA) is 62.5 Å². The van der Waals surface area contributed by atoms with Gasteiger partial charge in [0.1, 0.15) is 5.01 Å².